The van der Waals surface area contributed by atoms with E-state index in [0.29, 0.717) is 16.2 Å². The predicted molar refractivity (Wildman–Crippen MR) is 100 cm³/mol. The molecule has 0 unspecified atom stereocenters. The summed E-state index contributed by atoms with van der Waals surface area (Å²) in [5.74, 6) is 0. The monoisotopic (exact) mass is 340 g/mol. The van der Waals surface area contributed by atoms with E-state index in [2.05, 4.69) is 21.3 Å². The van der Waals surface area contributed by atoms with Crippen molar-refractivity contribution in [3.05, 3.63) is 22.5 Å². The van der Waals surface area contributed by atoms with Crippen molar-refractivity contribution in [3.8, 4) is 0 Å². The van der Waals surface area contributed by atoms with Gasteiger partial charge in [-0.15, -0.1) is 0 Å². The highest BCUT2D eigenvalue weighted by Crippen LogP contribution is 2.66. The van der Waals surface area contributed by atoms with E-state index in [0.717, 1.165) is 6.42 Å². The van der Waals surface area contributed by atoms with Gasteiger partial charge in [-0.3, -0.25) is 0 Å². The van der Waals surface area contributed by atoms with Gasteiger partial charge in [0.15, 0.2) is 0 Å². The summed E-state index contributed by atoms with van der Waals surface area (Å²) >= 11 is 0. The normalized spacial score (nSPS) is 33.9. The molecule has 6 aliphatic rings. The Labute approximate surface area is 151 Å². The fourth-order valence-electron chi connectivity index (χ4n) is 7.41. The molecule has 0 radical (unpaired) electrons. The van der Waals surface area contributed by atoms with Crippen LogP contribution in [0.25, 0.3) is 0 Å². The van der Waals surface area contributed by atoms with Crippen LogP contribution in [0, 0.1) is 16.2 Å². The maximum atomic E-state index is 3.87. The second-order valence-corrected chi connectivity index (χ2v) is 9.59. The summed E-state index contributed by atoms with van der Waals surface area (Å²) in [7, 11) is 0. The van der Waals surface area contributed by atoms with Crippen molar-refractivity contribution in [2.24, 2.45) is 16.2 Å². The number of rotatable bonds is 0. The molecular weight excluding hydrogens is 308 g/mol. The van der Waals surface area contributed by atoms with E-state index in [1.54, 1.807) is 11.4 Å². The maximum absolute atomic E-state index is 3.87. The van der Waals surface area contributed by atoms with Crippen LogP contribution in [0.15, 0.2) is 22.5 Å². The number of hydrogen-bond acceptors (Lipinski definition) is 4. The molecule has 0 aromatic rings. The summed E-state index contributed by atoms with van der Waals surface area (Å²) in [4.78, 5) is 0. The van der Waals surface area contributed by atoms with E-state index in [1.807, 2.05) is 11.1 Å². The zero-order valence-electron chi connectivity index (χ0n) is 15.4. The van der Waals surface area contributed by atoms with Gasteiger partial charge in [0, 0.05) is 49.4 Å². The predicted octanol–water partition coefficient (Wildman–Crippen LogP) is 2.01. The largest absolute Gasteiger partial charge is 0.388 e. The van der Waals surface area contributed by atoms with Gasteiger partial charge in [-0.2, -0.15) is 0 Å². The summed E-state index contributed by atoms with van der Waals surface area (Å²) < 4.78 is 0. The molecule has 4 N–H and O–H groups in total. The molecule has 136 valence electrons. The van der Waals surface area contributed by atoms with Gasteiger partial charge in [0.2, 0.25) is 0 Å². The molecule has 3 spiro atoms. The van der Waals surface area contributed by atoms with E-state index >= 15 is 0 Å². The lowest BCUT2D eigenvalue weighted by Gasteiger charge is -2.64. The van der Waals surface area contributed by atoms with Crippen molar-refractivity contribution in [2.75, 3.05) is 39.3 Å². The Balaban J connectivity index is 1.52. The van der Waals surface area contributed by atoms with Crippen molar-refractivity contribution in [2.45, 2.75) is 51.4 Å². The molecular formula is C21H32N4. The average molecular weight is 341 g/mol. The van der Waals surface area contributed by atoms with Crippen molar-refractivity contribution < 1.29 is 0 Å². The first kappa shape index (κ1) is 15.1. The minimum absolute atomic E-state index is 0.335. The van der Waals surface area contributed by atoms with Crippen LogP contribution in [0.1, 0.15) is 51.4 Å². The first-order valence-electron chi connectivity index (χ1n) is 10.7. The molecule has 4 aliphatic heterocycles. The summed E-state index contributed by atoms with van der Waals surface area (Å²) in [5.41, 5.74) is 8.31. The Bertz CT molecular complexity index is 659. The third-order valence-corrected chi connectivity index (χ3v) is 8.58. The number of piperidine rings is 1. The van der Waals surface area contributed by atoms with Gasteiger partial charge in [0.1, 0.15) is 0 Å². The fourth-order valence-corrected chi connectivity index (χ4v) is 7.41. The van der Waals surface area contributed by atoms with Gasteiger partial charge < -0.3 is 21.3 Å². The minimum Gasteiger partial charge on any atom is -0.388 e. The zero-order chi connectivity index (χ0) is 16.5. The molecule has 0 amide bonds. The van der Waals surface area contributed by atoms with E-state index in [-0.39, 0.29) is 0 Å². The molecule has 6 rings (SSSR count). The molecule has 4 heteroatoms. The Hall–Kier alpha value is -1.00. The quantitative estimate of drug-likeness (QED) is 0.545. The number of hydrogen-bond donors (Lipinski definition) is 4. The van der Waals surface area contributed by atoms with Crippen LogP contribution in [0.2, 0.25) is 0 Å². The first-order valence-corrected chi connectivity index (χ1v) is 10.7. The van der Waals surface area contributed by atoms with Gasteiger partial charge in [0.25, 0.3) is 0 Å². The van der Waals surface area contributed by atoms with Crippen molar-refractivity contribution in [1.82, 2.24) is 21.3 Å². The van der Waals surface area contributed by atoms with Crippen LogP contribution in [-0.2, 0) is 0 Å². The third kappa shape index (κ3) is 1.80. The van der Waals surface area contributed by atoms with Crippen LogP contribution in [0.3, 0.4) is 0 Å². The molecule has 1 saturated carbocycles. The smallest absolute Gasteiger partial charge is 0.0421 e. The molecule has 2 aliphatic carbocycles. The minimum atomic E-state index is 0.335. The summed E-state index contributed by atoms with van der Waals surface area (Å²) in [6.45, 7) is 7.15. The second kappa shape index (κ2) is 5.04. The van der Waals surface area contributed by atoms with E-state index < -0.39 is 0 Å². The Morgan fingerprint density at radius 2 is 1.16 bits per heavy atom. The average Bonchev–Trinajstić information content (AvgIpc) is 2.57. The fraction of sp³-hybridized carbons (Fsp3) is 0.810. The summed E-state index contributed by atoms with van der Waals surface area (Å²) in [5, 5.41) is 15.1. The molecule has 3 fully saturated rings. The van der Waals surface area contributed by atoms with Gasteiger partial charge in [-0.1, -0.05) is 6.42 Å². The topological polar surface area (TPSA) is 48.1 Å². The molecule has 4 nitrogen and oxygen atoms in total. The van der Waals surface area contributed by atoms with Crippen LogP contribution >= 0.6 is 0 Å². The van der Waals surface area contributed by atoms with Crippen LogP contribution in [-0.4, -0.2) is 39.3 Å². The van der Waals surface area contributed by atoms with E-state index in [4.69, 9.17) is 0 Å². The number of fused-ring (bicyclic) bond motifs is 4. The Morgan fingerprint density at radius 3 is 1.64 bits per heavy atom. The molecule has 0 aromatic carbocycles. The summed E-state index contributed by atoms with van der Waals surface area (Å²) in [6, 6.07) is 0. The summed E-state index contributed by atoms with van der Waals surface area (Å²) in [6.07, 6.45) is 10.9. The molecule has 0 bridgehead atoms. The highest BCUT2D eigenvalue weighted by molar-refractivity contribution is 5.53. The zero-order valence-corrected chi connectivity index (χ0v) is 15.4. The first-order chi connectivity index (χ1) is 12.3. The van der Waals surface area contributed by atoms with Crippen molar-refractivity contribution in [1.29, 1.82) is 0 Å². The third-order valence-electron chi connectivity index (χ3n) is 8.58. The number of nitrogens with one attached hydrogen (secondary N) is 4. The second-order valence-electron chi connectivity index (χ2n) is 9.59. The standard InChI is InChI=1S/C21H32N4/c1-2-19(3-1)6-10-24-15-12-16-18(21(17(15)19)13-23-14-21)20(7-11-25-16)4-8-22-9-5-20/h22-25H,1-14H2. The van der Waals surface area contributed by atoms with Crippen LogP contribution in [0.5, 0.6) is 0 Å². The van der Waals surface area contributed by atoms with Gasteiger partial charge >= 0.3 is 0 Å². The van der Waals surface area contributed by atoms with Crippen molar-refractivity contribution in [3.63, 3.8) is 0 Å². The van der Waals surface area contributed by atoms with Gasteiger partial charge in [-0.25, -0.2) is 0 Å². The Morgan fingerprint density at radius 1 is 0.600 bits per heavy atom. The van der Waals surface area contributed by atoms with E-state index in [1.165, 1.54) is 84.2 Å². The van der Waals surface area contributed by atoms with Gasteiger partial charge in [0.05, 0.1) is 0 Å². The maximum Gasteiger partial charge on any atom is 0.0421 e. The molecule has 4 heterocycles. The van der Waals surface area contributed by atoms with Crippen LogP contribution in [0.4, 0.5) is 0 Å². The highest BCUT2D eigenvalue weighted by Gasteiger charge is 2.61. The SMILES string of the molecule is C1CC2(C1)CCNC1=C2C2(CNC2)C2=C(C1)NCCC21CCNCC1. The van der Waals surface area contributed by atoms with Gasteiger partial charge in [-0.05, 0) is 73.6 Å². The lowest BCUT2D eigenvalue weighted by Crippen LogP contribution is -2.66. The highest BCUT2D eigenvalue weighted by atomic mass is 15.1. The Kier molecular flexibility index (Phi) is 3.04. The van der Waals surface area contributed by atoms with Crippen molar-refractivity contribution >= 4 is 0 Å². The molecule has 0 atom stereocenters. The molecule has 2 saturated heterocycles. The lowest BCUT2D eigenvalue weighted by molar-refractivity contribution is 0.0658. The molecule has 0 aromatic heterocycles. The van der Waals surface area contributed by atoms with E-state index in [9.17, 15) is 0 Å². The van der Waals surface area contributed by atoms with Crippen LogP contribution < -0.4 is 21.3 Å². The lowest BCUT2D eigenvalue weighted by atomic mass is 9.45. The molecule has 25 heavy (non-hydrogen) atoms.